The van der Waals surface area contributed by atoms with Crippen molar-refractivity contribution in [3.05, 3.63) is 11.5 Å². The quantitative estimate of drug-likeness (QED) is 0.655. The maximum atomic E-state index is 5.87. The fraction of sp³-hybridized carbons (Fsp3) is 0.615. The van der Waals surface area contributed by atoms with Gasteiger partial charge in [0.15, 0.2) is 5.65 Å². The lowest BCUT2D eigenvalue weighted by atomic mass is 9.98. The van der Waals surface area contributed by atoms with E-state index < -0.39 is 0 Å². The minimum atomic E-state index is 0.206. The van der Waals surface area contributed by atoms with Gasteiger partial charge in [0.2, 0.25) is 5.28 Å². The summed E-state index contributed by atoms with van der Waals surface area (Å²) < 4.78 is 5.87. The molecule has 2 aromatic heterocycles. The standard InChI is InChI=1S/C13H18ClN5O/c14-13-17-11(10-8-16-19-12(10)18-13)15-6-7-20-9-4-2-1-3-5-9/h8-9H,1-7H2,(H2,15,16,17,18,19). The molecule has 0 unspecified atom stereocenters. The Labute approximate surface area is 122 Å². The highest BCUT2D eigenvalue weighted by molar-refractivity contribution is 6.28. The van der Waals surface area contributed by atoms with E-state index in [0.717, 1.165) is 5.39 Å². The summed E-state index contributed by atoms with van der Waals surface area (Å²) in [6, 6.07) is 0. The summed E-state index contributed by atoms with van der Waals surface area (Å²) in [4.78, 5) is 8.25. The van der Waals surface area contributed by atoms with Crippen molar-refractivity contribution in [2.24, 2.45) is 0 Å². The van der Waals surface area contributed by atoms with Gasteiger partial charge in [-0.3, -0.25) is 5.10 Å². The molecule has 2 heterocycles. The van der Waals surface area contributed by atoms with Crippen molar-refractivity contribution in [2.75, 3.05) is 18.5 Å². The average Bonchev–Trinajstić information content (AvgIpc) is 2.92. The summed E-state index contributed by atoms with van der Waals surface area (Å²) >= 11 is 5.87. The molecule has 1 saturated carbocycles. The lowest BCUT2D eigenvalue weighted by Gasteiger charge is -2.22. The van der Waals surface area contributed by atoms with Gasteiger partial charge >= 0.3 is 0 Å². The highest BCUT2D eigenvalue weighted by Crippen LogP contribution is 2.21. The Morgan fingerprint density at radius 1 is 1.30 bits per heavy atom. The van der Waals surface area contributed by atoms with Crippen molar-refractivity contribution in [3.8, 4) is 0 Å². The Morgan fingerprint density at radius 3 is 3.00 bits per heavy atom. The summed E-state index contributed by atoms with van der Waals surface area (Å²) in [6.45, 7) is 1.37. The number of aromatic amines is 1. The molecule has 6 nitrogen and oxygen atoms in total. The predicted molar refractivity (Wildman–Crippen MR) is 78.0 cm³/mol. The molecule has 7 heteroatoms. The Balaban J connectivity index is 1.53. The second-order valence-electron chi connectivity index (χ2n) is 5.03. The molecule has 2 N–H and O–H groups in total. The zero-order chi connectivity index (χ0) is 13.8. The van der Waals surface area contributed by atoms with Crippen molar-refractivity contribution < 1.29 is 4.74 Å². The van der Waals surface area contributed by atoms with Gasteiger partial charge in [-0.2, -0.15) is 15.1 Å². The van der Waals surface area contributed by atoms with Crippen LogP contribution in [0.2, 0.25) is 5.28 Å². The molecule has 108 valence electrons. The highest BCUT2D eigenvalue weighted by atomic mass is 35.5. The van der Waals surface area contributed by atoms with Gasteiger partial charge in [0.25, 0.3) is 0 Å². The number of hydrogen-bond donors (Lipinski definition) is 2. The molecular weight excluding hydrogens is 278 g/mol. The van der Waals surface area contributed by atoms with E-state index in [4.69, 9.17) is 16.3 Å². The number of aromatic nitrogens is 4. The lowest BCUT2D eigenvalue weighted by Crippen LogP contribution is -2.20. The van der Waals surface area contributed by atoms with E-state index in [0.29, 0.717) is 30.7 Å². The zero-order valence-corrected chi connectivity index (χ0v) is 12.0. The van der Waals surface area contributed by atoms with E-state index in [-0.39, 0.29) is 5.28 Å². The number of halogens is 1. The van der Waals surface area contributed by atoms with Gasteiger partial charge in [-0.25, -0.2) is 0 Å². The van der Waals surface area contributed by atoms with Crippen LogP contribution in [0.25, 0.3) is 11.0 Å². The third-order valence-corrected chi connectivity index (χ3v) is 3.75. The molecule has 2 aromatic rings. The zero-order valence-electron chi connectivity index (χ0n) is 11.2. The van der Waals surface area contributed by atoms with Crippen LogP contribution in [0.3, 0.4) is 0 Å². The first kappa shape index (κ1) is 13.6. The first-order valence-electron chi connectivity index (χ1n) is 7.05. The molecule has 3 rings (SSSR count). The molecule has 1 aliphatic rings. The largest absolute Gasteiger partial charge is 0.376 e. The van der Waals surface area contributed by atoms with Crippen LogP contribution in [-0.4, -0.2) is 39.4 Å². The fourth-order valence-electron chi connectivity index (χ4n) is 2.57. The number of nitrogens with zero attached hydrogens (tertiary/aromatic N) is 3. The molecule has 1 aliphatic carbocycles. The smallest absolute Gasteiger partial charge is 0.226 e. The van der Waals surface area contributed by atoms with Gasteiger partial charge in [0.05, 0.1) is 24.3 Å². The van der Waals surface area contributed by atoms with Crippen LogP contribution >= 0.6 is 11.6 Å². The second kappa shape index (κ2) is 6.37. The number of ether oxygens (including phenoxy) is 1. The molecule has 0 atom stereocenters. The van der Waals surface area contributed by atoms with Gasteiger partial charge in [0.1, 0.15) is 5.82 Å². The number of anilines is 1. The van der Waals surface area contributed by atoms with E-state index in [1.165, 1.54) is 32.1 Å². The number of rotatable bonds is 5. The first-order chi connectivity index (χ1) is 9.83. The Kier molecular flexibility index (Phi) is 4.32. The molecule has 0 saturated heterocycles. The Bertz CT molecular complexity index is 567. The molecule has 0 aliphatic heterocycles. The molecule has 20 heavy (non-hydrogen) atoms. The SMILES string of the molecule is Clc1nc(NCCOC2CCCCC2)c2cn[nH]c2n1. The molecule has 0 radical (unpaired) electrons. The molecule has 0 bridgehead atoms. The summed E-state index contributed by atoms with van der Waals surface area (Å²) in [5.74, 6) is 0.695. The van der Waals surface area contributed by atoms with Gasteiger partial charge in [-0.15, -0.1) is 0 Å². The maximum Gasteiger partial charge on any atom is 0.226 e. The molecule has 1 fully saturated rings. The third kappa shape index (κ3) is 3.19. The van der Waals surface area contributed by atoms with Crippen LogP contribution in [0, 0.1) is 0 Å². The number of hydrogen-bond acceptors (Lipinski definition) is 5. The minimum absolute atomic E-state index is 0.206. The predicted octanol–water partition coefficient (Wildman–Crippen LogP) is 2.77. The second-order valence-corrected chi connectivity index (χ2v) is 5.37. The van der Waals surface area contributed by atoms with Crippen molar-refractivity contribution in [3.63, 3.8) is 0 Å². The fourth-order valence-corrected chi connectivity index (χ4v) is 2.74. The van der Waals surface area contributed by atoms with Crippen LogP contribution in [0.4, 0.5) is 5.82 Å². The monoisotopic (exact) mass is 295 g/mol. The van der Waals surface area contributed by atoms with Crippen LogP contribution in [0.5, 0.6) is 0 Å². The average molecular weight is 296 g/mol. The van der Waals surface area contributed by atoms with E-state index in [1.54, 1.807) is 6.20 Å². The van der Waals surface area contributed by atoms with Crippen LogP contribution in [0.1, 0.15) is 32.1 Å². The van der Waals surface area contributed by atoms with Crippen molar-refractivity contribution >= 4 is 28.5 Å². The normalized spacial score (nSPS) is 16.6. The van der Waals surface area contributed by atoms with Crippen molar-refractivity contribution in [2.45, 2.75) is 38.2 Å². The summed E-state index contributed by atoms with van der Waals surface area (Å²) in [7, 11) is 0. The summed E-state index contributed by atoms with van der Waals surface area (Å²) in [6.07, 6.45) is 8.40. The number of nitrogens with one attached hydrogen (secondary N) is 2. The Hall–Kier alpha value is -1.40. The van der Waals surface area contributed by atoms with Gasteiger partial charge < -0.3 is 10.1 Å². The van der Waals surface area contributed by atoms with E-state index in [1.807, 2.05) is 0 Å². The number of H-pyrrole nitrogens is 1. The van der Waals surface area contributed by atoms with Gasteiger partial charge in [0, 0.05) is 6.54 Å². The Morgan fingerprint density at radius 2 is 2.15 bits per heavy atom. The lowest BCUT2D eigenvalue weighted by molar-refractivity contribution is 0.0347. The maximum absolute atomic E-state index is 5.87. The van der Waals surface area contributed by atoms with E-state index in [9.17, 15) is 0 Å². The van der Waals surface area contributed by atoms with Gasteiger partial charge in [-0.05, 0) is 24.4 Å². The number of fused-ring (bicyclic) bond motifs is 1. The van der Waals surface area contributed by atoms with Crippen LogP contribution in [0.15, 0.2) is 6.20 Å². The topological polar surface area (TPSA) is 75.7 Å². The first-order valence-corrected chi connectivity index (χ1v) is 7.43. The van der Waals surface area contributed by atoms with E-state index >= 15 is 0 Å². The minimum Gasteiger partial charge on any atom is -0.376 e. The van der Waals surface area contributed by atoms with Crippen molar-refractivity contribution in [1.82, 2.24) is 20.2 Å². The van der Waals surface area contributed by atoms with E-state index in [2.05, 4.69) is 25.5 Å². The summed E-state index contributed by atoms with van der Waals surface area (Å²) in [5, 5.41) is 11.0. The molecule has 0 spiro atoms. The van der Waals surface area contributed by atoms with Crippen LogP contribution in [-0.2, 0) is 4.74 Å². The third-order valence-electron chi connectivity index (χ3n) is 3.58. The van der Waals surface area contributed by atoms with Crippen molar-refractivity contribution in [1.29, 1.82) is 0 Å². The highest BCUT2D eigenvalue weighted by Gasteiger charge is 2.13. The van der Waals surface area contributed by atoms with Gasteiger partial charge in [-0.1, -0.05) is 19.3 Å². The molecule has 0 amide bonds. The summed E-state index contributed by atoms with van der Waals surface area (Å²) in [5.41, 5.74) is 0.640. The van der Waals surface area contributed by atoms with Crippen LogP contribution < -0.4 is 5.32 Å². The molecular formula is C13H18ClN5O. The molecule has 0 aromatic carbocycles.